The van der Waals surface area contributed by atoms with E-state index in [1.54, 1.807) is 0 Å². The first-order valence-corrected chi connectivity index (χ1v) is 9.91. The molecule has 6 heteroatoms. The molecule has 0 saturated heterocycles. The smallest absolute Gasteiger partial charge is 0.191 e. The standard InChI is InChI=1S/C20H28N4S.HI/c1-16(19-8-5-13-25-19)14-23-20(21-2)22-10-12-24-11-9-17-6-3-4-7-18(17)15-24;/h3-8,13,16H,9-12,14-15H2,1-2H3,(H2,21,22,23);1H. The molecule has 0 bridgehead atoms. The SMILES string of the molecule is CN=C(NCCN1CCc2ccccc2C1)NCC(C)c1cccs1.I. The maximum atomic E-state index is 4.34. The molecular weight excluding hydrogens is 455 g/mol. The van der Waals surface area contributed by atoms with Crippen LogP contribution in [0.25, 0.3) is 0 Å². The van der Waals surface area contributed by atoms with Gasteiger partial charge in [0.05, 0.1) is 0 Å². The fourth-order valence-electron chi connectivity index (χ4n) is 3.22. The van der Waals surface area contributed by atoms with E-state index in [0.29, 0.717) is 5.92 Å². The molecule has 2 heterocycles. The second-order valence-corrected chi connectivity index (χ2v) is 7.57. The molecule has 0 aliphatic carbocycles. The number of nitrogens with zero attached hydrogens (tertiary/aromatic N) is 2. The van der Waals surface area contributed by atoms with Gasteiger partial charge in [-0.3, -0.25) is 9.89 Å². The Morgan fingerprint density at radius 1 is 1.19 bits per heavy atom. The number of hydrogen-bond acceptors (Lipinski definition) is 3. The second-order valence-electron chi connectivity index (χ2n) is 6.59. The van der Waals surface area contributed by atoms with E-state index in [4.69, 9.17) is 0 Å². The predicted octanol–water partition coefficient (Wildman–Crippen LogP) is 3.69. The summed E-state index contributed by atoms with van der Waals surface area (Å²) in [7, 11) is 1.84. The average molecular weight is 484 g/mol. The Balaban J connectivity index is 0.00000243. The van der Waals surface area contributed by atoms with Gasteiger partial charge in [-0.05, 0) is 29.0 Å². The first-order chi connectivity index (χ1) is 12.3. The summed E-state index contributed by atoms with van der Waals surface area (Å²) in [5.41, 5.74) is 2.98. The van der Waals surface area contributed by atoms with Crippen molar-refractivity contribution in [3.05, 3.63) is 57.8 Å². The van der Waals surface area contributed by atoms with Crippen LogP contribution in [0.15, 0.2) is 46.8 Å². The zero-order chi connectivity index (χ0) is 17.5. The number of benzene rings is 1. The largest absolute Gasteiger partial charge is 0.356 e. The highest BCUT2D eigenvalue weighted by Gasteiger charge is 2.15. The van der Waals surface area contributed by atoms with Gasteiger partial charge < -0.3 is 10.6 Å². The maximum Gasteiger partial charge on any atom is 0.191 e. The van der Waals surface area contributed by atoms with Gasteiger partial charge in [-0.1, -0.05) is 37.3 Å². The van der Waals surface area contributed by atoms with E-state index in [1.165, 1.54) is 16.0 Å². The van der Waals surface area contributed by atoms with Crippen LogP contribution in [0.4, 0.5) is 0 Å². The lowest BCUT2D eigenvalue weighted by atomic mass is 10.00. The Labute approximate surface area is 178 Å². The molecule has 1 aromatic carbocycles. The molecule has 0 amide bonds. The molecule has 0 radical (unpaired) electrons. The van der Waals surface area contributed by atoms with Crippen molar-refractivity contribution in [1.29, 1.82) is 0 Å². The third-order valence-electron chi connectivity index (χ3n) is 4.76. The lowest BCUT2D eigenvalue weighted by Gasteiger charge is -2.29. The molecule has 0 fully saturated rings. The summed E-state index contributed by atoms with van der Waals surface area (Å²) in [4.78, 5) is 8.26. The number of nitrogens with one attached hydrogen (secondary N) is 2. The number of aliphatic imine (C=N–C) groups is 1. The Hall–Kier alpha value is -1.12. The van der Waals surface area contributed by atoms with Crippen molar-refractivity contribution in [3.63, 3.8) is 0 Å². The molecule has 2 N–H and O–H groups in total. The Morgan fingerprint density at radius 2 is 2.00 bits per heavy atom. The van der Waals surface area contributed by atoms with Crippen molar-refractivity contribution in [2.75, 3.05) is 33.2 Å². The molecule has 142 valence electrons. The van der Waals surface area contributed by atoms with Crippen LogP contribution in [0.1, 0.15) is 28.8 Å². The summed E-state index contributed by atoms with van der Waals surface area (Å²) in [5, 5.41) is 9.01. The third-order valence-corrected chi connectivity index (χ3v) is 5.86. The maximum absolute atomic E-state index is 4.34. The molecule has 1 unspecified atom stereocenters. The van der Waals surface area contributed by atoms with E-state index in [9.17, 15) is 0 Å². The third kappa shape index (κ3) is 5.96. The van der Waals surface area contributed by atoms with Crippen molar-refractivity contribution >= 4 is 41.3 Å². The van der Waals surface area contributed by atoms with Crippen LogP contribution in [-0.2, 0) is 13.0 Å². The van der Waals surface area contributed by atoms with Gasteiger partial charge in [0.2, 0.25) is 0 Å². The second kappa shape index (κ2) is 10.9. The number of guanidine groups is 1. The van der Waals surface area contributed by atoms with Gasteiger partial charge in [0.15, 0.2) is 5.96 Å². The molecule has 1 aliphatic rings. The van der Waals surface area contributed by atoms with Gasteiger partial charge in [-0.15, -0.1) is 35.3 Å². The van der Waals surface area contributed by atoms with Crippen molar-refractivity contribution < 1.29 is 0 Å². The van der Waals surface area contributed by atoms with Crippen molar-refractivity contribution in [2.24, 2.45) is 4.99 Å². The van der Waals surface area contributed by atoms with Gasteiger partial charge in [-0.2, -0.15) is 0 Å². The molecule has 0 spiro atoms. The Kier molecular flexibility index (Phi) is 8.87. The van der Waals surface area contributed by atoms with Crippen LogP contribution in [0.5, 0.6) is 0 Å². The van der Waals surface area contributed by atoms with Gasteiger partial charge in [0.25, 0.3) is 0 Å². The lowest BCUT2D eigenvalue weighted by Crippen LogP contribution is -2.43. The van der Waals surface area contributed by atoms with E-state index in [2.05, 4.69) is 69.2 Å². The fraction of sp³-hybridized carbons (Fsp3) is 0.450. The van der Waals surface area contributed by atoms with E-state index in [0.717, 1.165) is 45.1 Å². The number of thiophene rings is 1. The number of fused-ring (bicyclic) bond motifs is 1. The van der Waals surface area contributed by atoms with E-state index in [1.807, 2.05) is 18.4 Å². The number of hydrogen-bond donors (Lipinski definition) is 2. The van der Waals surface area contributed by atoms with Crippen molar-refractivity contribution in [2.45, 2.75) is 25.8 Å². The van der Waals surface area contributed by atoms with E-state index in [-0.39, 0.29) is 24.0 Å². The quantitative estimate of drug-likeness (QED) is 0.373. The minimum atomic E-state index is 0. The zero-order valence-corrected chi connectivity index (χ0v) is 18.7. The molecule has 26 heavy (non-hydrogen) atoms. The van der Waals surface area contributed by atoms with Crippen LogP contribution >= 0.6 is 35.3 Å². The van der Waals surface area contributed by atoms with Crippen molar-refractivity contribution in [3.8, 4) is 0 Å². The van der Waals surface area contributed by atoms with Crippen molar-refractivity contribution in [1.82, 2.24) is 15.5 Å². The minimum absolute atomic E-state index is 0. The van der Waals surface area contributed by atoms with Gasteiger partial charge in [0, 0.05) is 50.6 Å². The lowest BCUT2D eigenvalue weighted by molar-refractivity contribution is 0.258. The molecular formula is C20H29IN4S. The van der Waals surface area contributed by atoms with Crippen LogP contribution in [0.3, 0.4) is 0 Å². The number of rotatable bonds is 6. The van der Waals surface area contributed by atoms with Gasteiger partial charge in [-0.25, -0.2) is 0 Å². The first kappa shape index (κ1) is 21.2. The normalized spacial score (nSPS) is 15.7. The molecule has 1 aromatic heterocycles. The minimum Gasteiger partial charge on any atom is -0.356 e. The fourth-order valence-corrected chi connectivity index (χ4v) is 4.01. The molecule has 1 aliphatic heterocycles. The van der Waals surface area contributed by atoms with Crippen LogP contribution in [-0.4, -0.2) is 44.1 Å². The highest BCUT2D eigenvalue weighted by Crippen LogP contribution is 2.19. The highest BCUT2D eigenvalue weighted by atomic mass is 127. The molecule has 3 rings (SSSR count). The highest BCUT2D eigenvalue weighted by molar-refractivity contribution is 14.0. The van der Waals surface area contributed by atoms with Crippen LogP contribution in [0, 0.1) is 0 Å². The molecule has 2 aromatic rings. The van der Waals surface area contributed by atoms with Crippen LogP contribution < -0.4 is 10.6 Å². The summed E-state index contributed by atoms with van der Waals surface area (Å²) in [6.07, 6.45) is 1.15. The molecule has 0 saturated carbocycles. The summed E-state index contributed by atoms with van der Waals surface area (Å²) in [6, 6.07) is 13.1. The topological polar surface area (TPSA) is 39.7 Å². The summed E-state index contributed by atoms with van der Waals surface area (Å²) in [6.45, 7) is 7.29. The average Bonchev–Trinajstić information content (AvgIpc) is 3.19. The summed E-state index contributed by atoms with van der Waals surface area (Å²) >= 11 is 1.81. The van der Waals surface area contributed by atoms with Crippen LogP contribution in [0.2, 0.25) is 0 Å². The summed E-state index contributed by atoms with van der Waals surface area (Å²) in [5.74, 6) is 1.39. The zero-order valence-electron chi connectivity index (χ0n) is 15.6. The molecule has 1 atom stereocenters. The Bertz CT molecular complexity index is 687. The van der Waals surface area contributed by atoms with E-state index >= 15 is 0 Å². The summed E-state index contributed by atoms with van der Waals surface area (Å²) < 4.78 is 0. The van der Waals surface area contributed by atoms with Gasteiger partial charge in [0.1, 0.15) is 0 Å². The van der Waals surface area contributed by atoms with Gasteiger partial charge >= 0.3 is 0 Å². The molecule has 4 nitrogen and oxygen atoms in total. The first-order valence-electron chi connectivity index (χ1n) is 9.03. The monoisotopic (exact) mass is 484 g/mol. The Morgan fingerprint density at radius 3 is 2.73 bits per heavy atom. The van der Waals surface area contributed by atoms with E-state index < -0.39 is 0 Å². The predicted molar refractivity (Wildman–Crippen MR) is 123 cm³/mol. The number of halogens is 1.